The summed E-state index contributed by atoms with van der Waals surface area (Å²) in [5.41, 5.74) is 0. The topological polar surface area (TPSA) is 69.6 Å². The van der Waals surface area contributed by atoms with Crippen LogP contribution in [0.25, 0.3) is 0 Å². The predicted octanol–water partition coefficient (Wildman–Crippen LogP) is 8.17. The molecular formula is C31H59NO3. The monoisotopic (exact) mass is 493 g/mol. The van der Waals surface area contributed by atoms with Crippen LogP contribution in [0, 0.1) is 0 Å². The highest BCUT2D eigenvalue weighted by molar-refractivity contribution is 5.76. The highest BCUT2D eigenvalue weighted by Gasteiger charge is 2.17. The molecular weight excluding hydrogens is 434 g/mol. The lowest BCUT2D eigenvalue weighted by molar-refractivity contribution is -0.122. The number of nitrogens with one attached hydrogen (secondary N) is 1. The Bertz CT molecular complexity index is 503. The standard InChI is InChI=1S/C31H59NO3/c1-3-5-7-9-11-13-14-15-16-17-19-20-22-24-26-30(34)29(28-33)32-31(35)27-25-23-21-18-12-10-8-6-4-2/h18,21,24,26,29-30,33-34H,3-17,19-20,22-23,25,27-28H2,1-2H3,(H,32,35)/b21-18-,26-24+. The summed E-state index contributed by atoms with van der Waals surface area (Å²) < 4.78 is 0. The van der Waals surface area contributed by atoms with Gasteiger partial charge in [-0.3, -0.25) is 4.79 Å². The van der Waals surface area contributed by atoms with Crippen molar-refractivity contribution in [3.05, 3.63) is 24.3 Å². The Morgan fingerprint density at radius 1 is 0.657 bits per heavy atom. The minimum Gasteiger partial charge on any atom is -0.394 e. The first-order valence-corrected chi connectivity index (χ1v) is 15.1. The summed E-state index contributed by atoms with van der Waals surface area (Å²) in [6.07, 6.45) is 32.5. The minimum absolute atomic E-state index is 0.103. The van der Waals surface area contributed by atoms with E-state index < -0.39 is 12.1 Å². The van der Waals surface area contributed by atoms with Crippen molar-refractivity contribution < 1.29 is 15.0 Å². The van der Waals surface area contributed by atoms with Crippen molar-refractivity contribution in [2.24, 2.45) is 0 Å². The van der Waals surface area contributed by atoms with Gasteiger partial charge in [-0.05, 0) is 38.5 Å². The number of hydrogen-bond donors (Lipinski definition) is 3. The summed E-state index contributed by atoms with van der Waals surface area (Å²) in [7, 11) is 0. The van der Waals surface area contributed by atoms with E-state index in [1.807, 2.05) is 6.08 Å². The van der Waals surface area contributed by atoms with E-state index in [-0.39, 0.29) is 12.5 Å². The average molecular weight is 494 g/mol. The molecule has 0 heterocycles. The van der Waals surface area contributed by atoms with Crippen molar-refractivity contribution in [2.75, 3.05) is 6.61 Å². The van der Waals surface area contributed by atoms with E-state index in [9.17, 15) is 15.0 Å². The Balaban J connectivity index is 3.72. The highest BCUT2D eigenvalue weighted by atomic mass is 16.3. The van der Waals surface area contributed by atoms with Gasteiger partial charge >= 0.3 is 0 Å². The Hall–Kier alpha value is -1.13. The van der Waals surface area contributed by atoms with Gasteiger partial charge in [0.25, 0.3) is 0 Å². The first-order valence-electron chi connectivity index (χ1n) is 15.1. The Morgan fingerprint density at radius 3 is 1.60 bits per heavy atom. The third-order valence-electron chi connectivity index (χ3n) is 6.68. The molecule has 0 rings (SSSR count). The molecule has 3 N–H and O–H groups in total. The molecule has 0 saturated carbocycles. The Morgan fingerprint density at radius 2 is 1.09 bits per heavy atom. The summed E-state index contributed by atoms with van der Waals surface area (Å²) in [6.45, 7) is 4.23. The molecule has 0 aromatic rings. The third-order valence-corrected chi connectivity index (χ3v) is 6.68. The van der Waals surface area contributed by atoms with Gasteiger partial charge in [0.2, 0.25) is 5.91 Å². The maximum atomic E-state index is 12.1. The summed E-state index contributed by atoms with van der Waals surface area (Å²) in [4.78, 5) is 12.1. The van der Waals surface area contributed by atoms with E-state index in [1.54, 1.807) is 6.08 Å². The van der Waals surface area contributed by atoms with Gasteiger partial charge in [0.1, 0.15) is 0 Å². The van der Waals surface area contributed by atoms with Crippen molar-refractivity contribution in [1.29, 1.82) is 0 Å². The second-order valence-electron chi connectivity index (χ2n) is 10.2. The number of aliphatic hydroxyl groups is 2. The number of carbonyl (C=O) groups is 1. The van der Waals surface area contributed by atoms with Gasteiger partial charge in [-0.25, -0.2) is 0 Å². The molecule has 0 spiro atoms. The molecule has 0 aromatic heterocycles. The molecule has 0 fully saturated rings. The van der Waals surface area contributed by atoms with Crippen LogP contribution in [0.15, 0.2) is 24.3 Å². The first kappa shape index (κ1) is 33.9. The summed E-state index contributed by atoms with van der Waals surface area (Å²) in [6, 6.07) is -0.630. The molecule has 0 aliphatic carbocycles. The van der Waals surface area contributed by atoms with Crippen LogP contribution in [0.4, 0.5) is 0 Å². The van der Waals surface area contributed by atoms with Crippen LogP contribution >= 0.6 is 0 Å². The van der Waals surface area contributed by atoms with Gasteiger partial charge < -0.3 is 15.5 Å². The average Bonchev–Trinajstić information content (AvgIpc) is 2.86. The molecule has 0 radical (unpaired) electrons. The predicted molar refractivity (Wildman–Crippen MR) is 152 cm³/mol. The third kappa shape index (κ3) is 24.3. The van der Waals surface area contributed by atoms with Crippen molar-refractivity contribution in [3.8, 4) is 0 Å². The van der Waals surface area contributed by atoms with Gasteiger partial charge in [0, 0.05) is 6.42 Å². The van der Waals surface area contributed by atoms with Crippen LogP contribution in [0.2, 0.25) is 0 Å². The highest BCUT2D eigenvalue weighted by Crippen LogP contribution is 2.13. The Labute approximate surface area is 218 Å². The van der Waals surface area contributed by atoms with Crippen LogP contribution in [0.3, 0.4) is 0 Å². The molecule has 0 saturated heterocycles. The molecule has 2 unspecified atom stereocenters. The second-order valence-corrected chi connectivity index (χ2v) is 10.2. The zero-order valence-corrected chi connectivity index (χ0v) is 23.3. The summed E-state index contributed by atoms with van der Waals surface area (Å²) in [5.74, 6) is -0.103. The van der Waals surface area contributed by atoms with E-state index >= 15 is 0 Å². The van der Waals surface area contributed by atoms with Gasteiger partial charge in [-0.1, -0.05) is 128 Å². The fraction of sp³-hybridized carbons (Fsp3) is 0.839. The van der Waals surface area contributed by atoms with Gasteiger partial charge in [-0.2, -0.15) is 0 Å². The lowest BCUT2D eigenvalue weighted by Gasteiger charge is -2.19. The van der Waals surface area contributed by atoms with Crippen molar-refractivity contribution in [2.45, 2.75) is 161 Å². The first-order chi connectivity index (χ1) is 17.2. The summed E-state index contributed by atoms with van der Waals surface area (Å²) >= 11 is 0. The molecule has 4 nitrogen and oxygen atoms in total. The molecule has 35 heavy (non-hydrogen) atoms. The van der Waals surface area contributed by atoms with E-state index in [1.165, 1.54) is 96.3 Å². The second kappa shape index (κ2) is 27.5. The maximum absolute atomic E-state index is 12.1. The summed E-state index contributed by atoms with van der Waals surface area (Å²) in [5, 5.41) is 22.7. The molecule has 1 amide bonds. The number of carbonyl (C=O) groups excluding carboxylic acids is 1. The normalized spacial score (nSPS) is 13.6. The number of aliphatic hydroxyl groups excluding tert-OH is 2. The van der Waals surface area contributed by atoms with E-state index in [0.717, 1.165) is 32.1 Å². The van der Waals surface area contributed by atoms with Gasteiger partial charge in [-0.15, -0.1) is 0 Å². The Kier molecular flexibility index (Phi) is 26.6. The van der Waals surface area contributed by atoms with Crippen molar-refractivity contribution in [1.82, 2.24) is 5.32 Å². The van der Waals surface area contributed by atoms with E-state index in [0.29, 0.717) is 6.42 Å². The van der Waals surface area contributed by atoms with Crippen molar-refractivity contribution >= 4 is 5.91 Å². The molecule has 4 heteroatoms. The fourth-order valence-corrected chi connectivity index (χ4v) is 4.30. The number of rotatable bonds is 26. The number of amides is 1. The molecule has 0 bridgehead atoms. The smallest absolute Gasteiger partial charge is 0.220 e. The largest absolute Gasteiger partial charge is 0.394 e. The van der Waals surface area contributed by atoms with Crippen molar-refractivity contribution in [3.63, 3.8) is 0 Å². The van der Waals surface area contributed by atoms with Crippen LogP contribution in [-0.4, -0.2) is 34.9 Å². The number of allylic oxidation sites excluding steroid dienone is 3. The molecule has 0 aliphatic heterocycles. The SMILES string of the molecule is CCCCCC/C=C\CCCC(=O)NC(CO)C(O)/C=C/CCCCCCCCCCCCCC. The molecule has 0 aliphatic rings. The minimum atomic E-state index is -0.843. The van der Waals surface area contributed by atoms with Crippen LogP contribution in [0.1, 0.15) is 149 Å². The van der Waals surface area contributed by atoms with Gasteiger partial charge in [0.05, 0.1) is 18.8 Å². The van der Waals surface area contributed by atoms with E-state index in [2.05, 4.69) is 31.3 Å². The van der Waals surface area contributed by atoms with Crippen LogP contribution in [-0.2, 0) is 4.79 Å². The molecule has 206 valence electrons. The molecule has 2 atom stereocenters. The fourth-order valence-electron chi connectivity index (χ4n) is 4.30. The number of hydrogen-bond acceptors (Lipinski definition) is 3. The maximum Gasteiger partial charge on any atom is 0.220 e. The number of unbranched alkanes of at least 4 members (excludes halogenated alkanes) is 17. The lowest BCUT2D eigenvalue weighted by Crippen LogP contribution is -2.45. The zero-order chi connectivity index (χ0) is 25.8. The van der Waals surface area contributed by atoms with Crippen LogP contribution < -0.4 is 5.32 Å². The van der Waals surface area contributed by atoms with Gasteiger partial charge in [0.15, 0.2) is 0 Å². The zero-order valence-electron chi connectivity index (χ0n) is 23.3. The van der Waals surface area contributed by atoms with Crippen LogP contribution in [0.5, 0.6) is 0 Å². The quantitative estimate of drug-likeness (QED) is 0.0840. The lowest BCUT2D eigenvalue weighted by atomic mass is 10.0. The van der Waals surface area contributed by atoms with E-state index in [4.69, 9.17) is 0 Å². The molecule has 0 aromatic carbocycles.